The lowest BCUT2D eigenvalue weighted by Gasteiger charge is -2.06. The van der Waals surface area contributed by atoms with E-state index in [9.17, 15) is 9.90 Å². The minimum atomic E-state index is -0.963. The number of aromatic nitrogens is 1. The van der Waals surface area contributed by atoms with Crippen LogP contribution >= 0.6 is 15.9 Å². The van der Waals surface area contributed by atoms with Crippen LogP contribution in [-0.2, 0) is 0 Å². The quantitative estimate of drug-likeness (QED) is 0.718. The van der Waals surface area contributed by atoms with Crippen LogP contribution in [0, 0.1) is 0 Å². The molecule has 3 aromatic rings. The van der Waals surface area contributed by atoms with Gasteiger partial charge in [0.15, 0.2) is 0 Å². The van der Waals surface area contributed by atoms with Gasteiger partial charge in [0.05, 0.1) is 0 Å². The molecule has 0 fully saturated rings. The third-order valence-electron chi connectivity index (χ3n) is 3.29. The normalized spacial score (nSPS) is 10.5. The Morgan fingerprint density at radius 3 is 2.38 bits per heavy atom. The average molecular weight is 342 g/mol. The number of carboxylic acids is 1. The van der Waals surface area contributed by atoms with Crippen molar-refractivity contribution in [2.24, 2.45) is 0 Å². The number of carbonyl (C=O) groups is 1. The second kappa shape index (κ2) is 5.58. The minimum absolute atomic E-state index is 0.205. The first-order valence-electron chi connectivity index (χ1n) is 6.43. The van der Waals surface area contributed by atoms with E-state index < -0.39 is 5.97 Å². The van der Waals surface area contributed by atoms with Crippen molar-refractivity contribution < 1.29 is 9.90 Å². The fourth-order valence-corrected chi connectivity index (χ4v) is 2.78. The molecular weight excluding hydrogens is 330 g/mol. The van der Waals surface area contributed by atoms with E-state index in [-0.39, 0.29) is 5.69 Å². The van der Waals surface area contributed by atoms with Crippen LogP contribution in [0.1, 0.15) is 10.5 Å². The van der Waals surface area contributed by atoms with E-state index in [0.29, 0.717) is 5.56 Å². The Morgan fingerprint density at radius 2 is 1.71 bits per heavy atom. The van der Waals surface area contributed by atoms with Crippen LogP contribution in [0.3, 0.4) is 0 Å². The maximum Gasteiger partial charge on any atom is 0.352 e. The Kier molecular flexibility index (Phi) is 3.62. The first-order chi connectivity index (χ1) is 10.2. The second-order valence-electron chi connectivity index (χ2n) is 4.63. The van der Waals surface area contributed by atoms with Gasteiger partial charge < -0.3 is 10.1 Å². The monoisotopic (exact) mass is 341 g/mol. The maximum atomic E-state index is 11.5. The summed E-state index contributed by atoms with van der Waals surface area (Å²) in [5.74, 6) is -0.963. The lowest BCUT2D eigenvalue weighted by molar-refractivity contribution is 0.0692. The molecule has 3 nitrogen and oxygen atoms in total. The summed E-state index contributed by atoms with van der Waals surface area (Å²) in [6.45, 7) is 0. The largest absolute Gasteiger partial charge is 0.477 e. The molecule has 0 spiro atoms. The number of halogens is 1. The highest BCUT2D eigenvalue weighted by Gasteiger charge is 2.19. The van der Waals surface area contributed by atoms with Gasteiger partial charge in [-0.25, -0.2) is 4.79 Å². The fraction of sp³-hybridized carbons (Fsp3) is 0. The molecule has 2 N–H and O–H groups in total. The molecule has 0 aliphatic carbocycles. The number of H-pyrrole nitrogens is 1. The first kappa shape index (κ1) is 13.6. The Labute approximate surface area is 130 Å². The third-order valence-corrected chi connectivity index (χ3v) is 3.79. The van der Waals surface area contributed by atoms with E-state index in [1.54, 1.807) is 6.20 Å². The third kappa shape index (κ3) is 2.62. The number of hydrogen-bond donors (Lipinski definition) is 2. The van der Waals surface area contributed by atoms with Gasteiger partial charge >= 0.3 is 5.97 Å². The predicted octanol–water partition coefficient (Wildman–Crippen LogP) is 4.81. The van der Waals surface area contributed by atoms with Crippen molar-refractivity contribution in [1.29, 1.82) is 0 Å². The molecule has 4 heteroatoms. The number of aromatic amines is 1. The fourth-order valence-electron chi connectivity index (χ4n) is 2.38. The van der Waals surface area contributed by atoms with Crippen molar-refractivity contribution in [3.8, 4) is 22.3 Å². The molecular formula is C17H12BrNO2. The van der Waals surface area contributed by atoms with Gasteiger partial charge in [-0.05, 0) is 23.3 Å². The van der Waals surface area contributed by atoms with Crippen molar-refractivity contribution in [1.82, 2.24) is 4.98 Å². The molecule has 0 aliphatic rings. The SMILES string of the molecule is O=C(O)c1[nH]cc(-c2cccc(Br)c2)c1-c1ccccc1. The highest BCUT2D eigenvalue weighted by molar-refractivity contribution is 9.10. The van der Waals surface area contributed by atoms with Crippen molar-refractivity contribution in [3.63, 3.8) is 0 Å². The summed E-state index contributed by atoms with van der Waals surface area (Å²) in [4.78, 5) is 14.3. The highest BCUT2D eigenvalue weighted by Crippen LogP contribution is 2.35. The molecule has 1 heterocycles. The molecule has 0 saturated carbocycles. The number of benzene rings is 2. The van der Waals surface area contributed by atoms with E-state index in [1.165, 1.54) is 0 Å². The zero-order chi connectivity index (χ0) is 14.8. The Balaban J connectivity index is 2.25. The minimum Gasteiger partial charge on any atom is -0.477 e. The summed E-state index contributed by atoms with van der Waals surface area (Å²) in [6.07, 6.45) is 1.74. The van der Waals surface area contributed by atoms with Crippen molar-refractivity contribution in [2.75, 3.05) is 0 Å². The van der Waals surface area contributed by atoms with Gasteiger partial charge in [0.2, 0.25) is 0 Å². The molecule has 0 atom stereocenters. The van der Waals surface area contributed by atoms with Gasteiger partial charge in [0.1, 0.15) is 5.69 Å². The topological polar surface area (TPSA) is 53.1 Å². The predicted molar refractivity (Wildman–Crippen MR) is 86.3 cm³/mol. The molecule has 21 heavy (non-hydrogen) atoms. The number of nitrogens with one attached hydrogen (secondary N) is 1. The summed E-state index contributed by atoms with van der Waals surface area (Å²) >= 11 is 3.45. The zero-order valence-corrected chi connectivity index (χ0v) is 12.6. The van der Waals surface area contributed by atoms with E-state index in [4.69, 9.17) is 0 Å². The lowest BCUT2D eigenvalue weighted by atomic mass is 9.97. The Bertz CT molecular complexity index is 794. The van der Waals surface area contributed by atoms with Gasteiger partial charge in [0, 0.05) is 21.8 Å². The summed E-state index contributed by atoms with van der Waals surface area (Å²) in [7, 11) is 0. The van der Waals surface area contributed by atoms with Crippen molar-refractivity contribution >= 4 is 21.9 Å². The van der Waals surface area contributed by atoms with Crippen molar-refractivity contribution in [2.45, 2.75) is 0 Å². The second-order valence-corrected chi connectivity index (χ2v) is 5.55. The summed E-state index contributed by atoms with van der Waals surface area (Å²) in [5, 5.41) is 9.40. The molecule has 0 bridgehead atoms. The van der Waals surface area contributed by atoms with Gasteiger partial charge in [-0.2, -0.15) is 0 Å². The number of hydrogen-bond acceptors (Lipinski definition) is 1. The Hall–Kier alpha value is -2.33. The van der Waals surface area contributed by atoms with Crippen LogP contribution in [0.5, 0.6) is 0 Å². The average Bonchev–Trinajstić information content (AvgIpc) is 2.93. The molecule has 0 amide bonds. The van der Waals surface area contributed by atoms with E-state index in [2.05, 4.69) is 20.9 Å². The first-order valence-corrected chi connectivity index (χ1v) is 7.22. The molecule has 0 saturated heterocycles. The highest BCUT2D eigenvalue weighted by atomic mass is 79.9. The van der Waals surface area contributed by atoms with E-state index in [1.807, 2.05) is 54.6 Å². The zero-order valence-electron chi connectivity index (χ0n) is 11.0. The number of carboxylic acid groups (broad SMARTS) is 1. The maximum absolute atomic E-state index is 11.5. The molecule has 0 radical (unpaired) electrons. The van der Waals surface area contributed by atoms with Crippen LogP contribution in [0.25, 0.3) is 22.3 Å². The lowest BCUT2D eigenvalue weighted by Crippen LogP contribution is -1.99. The molecule has 0 aliphatic heterocycles. The standard InChI is InChI=1S/C17H12BrNO2/c18-13-8-4-7-12(9-13)14-10-19-16(17(20)21)15(14)11-5-2-1-3-6-11/h1-10,19H,(H,20,21). The van der Waals surface area contributed by atoms with Crippen LogP contribution in [0.15, 0.2) is 65.3 Å². The molecule has 0 unspecified atom stereocenters. The van der Waals surface area contributed by atoms with E-state index in [0.717, 1.165) is 21.2 Å². The summed E-state index contributed by atoms with van der Waals surface area (Å²) in [6, 6.07) is 17.4. The Morgan fingerprint density at radius 1 is 1.00 bits per heavy atom. The van der Waals surface area contributed by atoms with Crippen LogP contribution in [-0.4, -0.2) is 16.1 Å². The van der Waals surface area contributed by atoms with Crippen LogP contribution in [0.4, 0.5) is 0 Å². The van der Waals surface area contributed by atoms with Crippen LogP contribution in [0.2, 0.25) is 0 Å². The van der Waals surface area contributed by atoms with Gasteiger partial charge in [-0.3, -0.25) is 0 Å². The number of aromatic carboxylic acids is 1. The smallest absolute Gasteiger partial charge is 0.352 e. The molecule has 104 valence electrons. The molecule has 1 aromatic heterocycles. The van der Waals surface area contributed by atoms with Gasteiger partial charge in [0.25, 0.3) is 0 Å². The number of rotatable bonds is 3. The van der Waals surface area contributed by atoms with Gasteiger partial charge in [-0.1, -0.05) is 58.4 Å². The van der Waals surface area contributed by atoms with Crippen molar-refractivity contribution in [3.05, 3.63) is 71.0 Å². The van der Waals surface area contributed by atoms with Gasteiger partial charge in [-0.15, -0.1) is 0 Å². The summed E-state index contributed by atoms with van der Waals surface area (Å²) < 4.78 is 0.956. The summed E-state index contributed by atoms with van der Waals surface area (Å²) in [5.41, 5.74) is 3.63. The van der Waals surface area contributed by atoms with Crippen LogP contribution < -0.4 is 0 Å². The van der Waals surface area contributed by atoms with E-state index >= 15 is 0 Å². The molecule has 2 aromatic carbocycles. The molecule has 3 rings (SSSR count).